The van der Waals surface area contributed by atoms with E-state index in [-0.39, 0.29) is 0 Å². The van der Waals surface area contributed by atoms with Crippen molar-refractivity contribution in [2.75, 3.05) is 6.54 Å². The van der Waals surface area contributed by atoms with Crippen LogP contribution >= 0.6 is 11.3 Å². The maximum Gasteiger partial charge on any atom is 0.00926 e. The Morgan fingerprint density at radius 1 is 1.44 bits per heavy atom. The molecule has 1 N–H and O–H groups in total. The fourth-order valence-corrected chi connectivity index (χ4v) is 2.97. The molecule has 2 rings (SSSR count). The van der Waals surface area contributed by atoms with E-state index in [0.717, 1.165) is 12.5 Å². The molecule has 0 saturated heterocycles. The van der Waals surface area contributed by atoms with E-state index in [0.29, 0.717) is 11.5 Å². The van der Waals surface area contributed by atoms with Gasteiger partial charge in [-0.3, -0.25) is 0 Å². The fraction of sp³-hybridized carbons (Fsp3) is 0.714. The molecule has 1 saturated carbocycles. The summed E-state index contributed by atoms with van der Waals surface area (Å²) in [4.78, 5) is 1.51. The topological polar surface area (TPSA) is 12.0 Å². The number of nitrogens with one attached hydrogen (secondary N) is 1. The average Bonchev–Trinajstić information content (AvgIpc) is 2.79. The second-order valence-electron chi connectivity index (χ2n) is 5.67. The standard InChI is InChI=1S/C14H23NS/c1-11(9-13-5-4-8-16-13)10-15-12(2)14(3)6-7-14/h4-5,8,11-12,15H,6-7,9-10H2,1-3H3. The van der Waals surface area contributed by atoms with E-state index in [1.807, 2.05) is 11.3 Å². The Kier molecular flexibility index (Phi) is 3.70. The molecule has 0 amide bonds. The van der Waals surface area contributed by atoms with E-state index in [9.17, 15) is 0 Å². The van der Waals surface area contributed by atoms with Crippen molar-refractivity contribution in [2.24, 2.45) is 11.3 Å². The van der Waals surface area contributed by atoms with Crippen LogP contribution in [0.15, 0.2) is 17.5 Å². The zero-order valence-electron chi connectivity index (χ0n) is 10.6. The minimum Gasteiger partial charge on any atom is -0.313 e. The van der Waals surface area contributed by atoms with Crippen LogP contribution in [-0.2, 0) is 6.42 Å². The molecule has 1 aromatic heterocycles. The number of thiophene rings is 1. The van der Waals surface area contributed by atoms with Gasteiger partial charge < -0.3 is 5.32 Å². The molecule has 1 aromatic rings. The molecule has 2 heteroatoms. The summed E-state index contributed by atoms with van der Waals surface area (Å²) in [5.41, 5.74) is 0.600. The fourth-order valence-electron chi connectivity index (χ4n) is 2.10. The quantitative estimate of drug-likeness (QED) is 0.795. The number of rotatable bonds is 6. The molecule has 16 heavy (non-hydrogen) atoms. The van der Waals surface area contributed by atoms with Crippen LogP contribution in [0.1, 0.15) is 38.5 Å². The summed E-state index contributed by atoms with van der Waals surface area (Å²) in [6, 6.07) is 5.07. The average molecular weight is 237 g/mol. The van der Waals surface area contributed by atoms with Gasteiger partial charge >= 0.3 is 0 Å². The molecule has 1 nitrogen and oxygen atoms in total. The van der Waals surface area contributed by atoms with Crippen molar-refractivity contribution in [3.05, 3.63) is 22.4 Å². The summed E-state index contributed by atoms with van der Waals surface area (Å²) in [5, 5.41) is 5.87. The lowest BCUT2D eigenvalue weighted by molar-refractivity contribution is 0.356. The van der Waals surface area contributed by atoms with Gasteiger partial charge in [-0.2, -0.15) is 0 Å². The van der Waals surface area contributed by atoms with Gasteiger partial charge in [0.25, 0.3) is 0 Å². The van der Waals surface area contributed by atoms with Crippen LogP contribution in [0.25, 0.3) is 0 Å². The van der Waals surface area contributed by atoms with Crippen LogP contribution < -0.4 is 5.32 Å². The van der Waals surface area contributed by atoms with Crippen molar-refractivity contribution in [2.45, 2.75) is 46.1 Å². The maximum absolute atomic E-state index is 3.70. The Morgan fingerprint density at radius 2 is 2.19 bits per heavy atom. The van der Waals surface area contributed by atoms with E-state index in [2.05, 4.69) is 43.6 Å². The number of hydrogen-bond donors (Lipinski definition) is 1. The Balaban J connectivity index is 1.69. The van der Waals surface area contributed by atoms with Gasteiger partial charge in [-0.1, -0.05) is 19.9 Å². The first kappa shape index (κ1) is 12.1. The lowest BCUT2D eigenvalue weighted by Crippen LogP contribution is -2.36. The molecule has 1 heterocycles. The third kappa shape index (κ3) is 3.08. The molecule has 2 atom stereocenters. The summed E-state index contributed by atoms with van der Waals surface area (Å²) < 4.78 is 0. The largest absolute Gasteiger partial charge is 0.313 e. The lowest BCUT2D eigenvalue weighted by Gasteiger charge is -2.22. The van der Waals surface area contributed by atoms with Crippen molar-refractivity contribution in [1.82, 2.24) is 5.32 Å². The maximum atomic E-state index is 3.70. The second-order valence-corrected chi connectivity index (χ2v) is 6.70. The monoisotopic (exact) mass is 237 g/mol. The van der Waals surface area contributed by atoms with Crippen LogP contribution in [0.5, 0.6) is 0 Å². The second kappa shape index (κ2) is 4.89. The molecule has 90 valence electrons. The molecule has 1 aliphatic carbocycles. The van der Waals surface area contributed by atoms with E-state index >= 15 is 0 Å². The predicted molar refractivity (Wildman–Crippen MR) is 72.0 cm³/mol. The molecule has 2 unspecified atom stereocenters. The Morgan fingerprint density at radius 3 is 2.75 bits per heavy atom. The molecule has 0 bridgehead atoms. The van der Waals surface area contributed by atoms with Crippen LogP contribution in [0.4, 0.5) is 0 Å². The van der Waals surface area contributed by atoms with Crippen molar-refractivity contribution in [3.63, 3.8) is 0 Å². The highest BCUT2D eigenvalue weighted by Crippen LogP contribution is 2.47. The summed E-state index contributed by atoms with van der Waals surface area (Å²) in [5.74, 6) is 0.739. The number of hydrogen-bond acceptors (Lipinski definition) is 2. The first-order valence-electron chi connectivity index (χ1n) is 6.36. The minimum atomic E-state index is 0.600. The summed E-state index contributed by atoms with van der Waals surface area (Å²) in [6.45, 7) is 8.22. The Labute approximate surface area is 103 Å². The van der Waals surface area contributed by atoms with Gasteiger partial charge in [-0.05, 0) is 55.5 Å². The molecule has 0 aromatic carbocycles. The van der Waals surface area contributed by atoms with Crippen molar-refractivity contribution >= 4 is 11.3 Å². The molecular formula is C14H23NS. The highest BCUT2D eigenvalue weighted by Gasteiger charge is 2.42. The smallest absolute Gasteiger partial charge is 0.00926 e. The van der Waals surface area contributed by atoms with E-state index in [4.69, 9.17) is 0 Å². The van der Waals surface area contributed by atoms with E-state index in [1.54, 1.807) is 0 Å². The Bertz CT molecular complexity index is 313. The summed E-state index contributed by atoms with van der Waals surface area (Å²) >= 11 is 1.88. The Hall–Kier alpha value is -0.340. The molecule has 0 spiro atoms. The van der Waals surface area contributed by atoms with E-state index < -0.39 is 0 Å². The molecule has 0 aliphatic heterocycles. The highest BCUT2D eigenvalue weighted by atomic mass is 32.1. The van der Waals surface area contributed by atoms with Gasteiger partial charge in [0.15, 0.2) is 0 Å². The third-order valence-corrected chi connectivity index (χ3v) is 4.89. The van der Waals surface area contributed by atoms with Gasteiger partial charge in [-0.25, -0.2) is 0 Å². The van der Waals surface area contributed by atoms with Crippen LogP contribution in [0.2, 0.25) is 0 Å². The molecule has 0 radical (unpaired) electrons. The third-order valence-electron chi connectivity index (χ3n) is 3.99. The zero-order valence-corrected chi connectivity index (χ0v) is 11.4. The first-order valence-corrected chi connectivity index (χ1v) is 7.24. The van der Waals surface area contributed by atoms with Crippen molar-refractivity contribution in [1.29, 1.82) is 0 Å². The van der Waals surface area contributed by atoms with Gasteiger partial charge in [0.1, 0.15) is 0 Å². The normalized spacial score (nSPS) is 21.7. The SMILES string of the molecule is CC(CNC(C)C1(C)CC1)Cc1cccs1. The summed E-state index contributed by atoms with van der Waals surface area (Å²) in [6.07, 6.45) is 4.02. The first-order chi connectivity index (χ1) is 7.60. The lowest BCUT2D eigenvalue weighted by atomic mass is 9.99. The zero-order chi connectivity index (χ0) is 11.6. The van der Waals surface area contributed by atoms with Crippen molar-refractivity contribution < 1.29 is 0 Å². The van der Waals surface area contributed by atoms with Gasteiger partial charge in [-0.15, -0.1) is 11.3 Å². The van der Waals surface area contributed by atoms with Gasteiger partial charge in [0.2, 0.25) is 0 Å². The summed E-state index contributed by atoms with van der Waals surface area (Å²) in [7, 11) is 0. The predicted octanol–water partition coefficient (Wildman–Crippen LogP) is 3.70. The highest BCUT2D eigenvalue weighted by molar-refractivity contribution is 7.09. The van der Waals surface area contributed by atoms with Gasteiger partial charge in [0.05, 0.1) is 0 Å². The molecule has 1 fully saturated rings. The van der Waals surface area contributed by atoms with Crippen LogP contribution in [-0.4, -0.2) is 12.6 Å². The molecule has 1 aliphatic rings. The van der Waals surface area contributed by atoms with Crippen LogP contribution in [0, 0.1) is 11.3 Å². The molecular weight excluding hydrogens is 214 g/mol. The van der Waals surface area contributed by atoms with Gasteiger partial charge in [0, 0.05) is 10.9 Å². The van der Waals surface area contributed by atoms with E-state index in [1.165, 1.54) is 24.1 Å². The van der Waals surface area contributed by atoms with Crippen molar-refractivity contribution in [3.8, 4) is 0 Å². The minimum absolute atomic E-state index is 0.600. The van der Waals surface area contributed by atoms with Crippen LogP contribution in [0.3, 0.4) is 0 Å².